The third-order valence-corrected chi connectivity index (χ3v) is 2.60. The highest BCUT2D eigenvalue weighted by molar-refractivity contribution is 5.87. The van der Waals surface area contributed by atoms with Gasteiger partial charge < -0.3 is 9.47 Å². The van der Waals surface area contributed by atoms with E-state index in [1.165, 1.54) is 0 Å². The molecular weight excluding hydrogens is 240 g/mol. The second kappa shape index (κ2) is 8.14. The van der Waals surface area contributed by atoms with Crippen molar-refractivity contribution in [2.75, 3.05) is 13.7 Å². The second-order valence-corrected chi connectivity index (χ2v) is 4.04. The number of allylic oxidation sites excluding steroid dienone is 1. The van der Waals surface area contributed by atoms with Gasteiger partial charge in [0.15, 0.2) is 0 Å². The zero-order valence-electron chi connectivity index (χ0n) is 11.5. The highest BCUT2D eigenvalue weighted by Gasteiger charge is 2.05. The summed E-state index contributed by atoms with van der Waals surface area (Å²) in [5.41, 5.74) is 1.61. The van der Waals surface area contributed by atoms with Gasteiger partial charge in [0.1, 0.15) is 5.75 Å². The van der Waals surface area contributed by atoms with Crippen LogP contribution in [0, 0.1) is 0 Å². The number of benzene rings is 1. The molecule has 0 saturated carbocycles. The maximum absolute atomic E-state index is 11.3. The van der Waals surface area contributed by atoms with Crippen LogP contribution in [0.15, 0.2) is 42.5 Å². The molecule has 0 amide bonds. The van der Waals surface area contributed by atoms with E-state index in [4.69, 9.17) is 9.47 Å². The largest absolute Gasteiger partial charge is 0.497 e. The average molecular weight is 260 g/mol. The van der Waals surface area contributed by atoms with Crippen LogP contribution in [0.5, 0.6) is 5.75 Å². The molecule has 0 spiro atoms. The number of ether oxygens (including phenoxy) is 2. The monoisotopic (exact) mass is 260 g/mol. The SMILES string of the molecule is C=C(CC/C=C/c1ccc(OC)cc1)C(=O)OCC. The van der Waals surface area contributed by atoms with Gasteiger partial charge >= 0.3 is 5.97 Å². The van der Waals surface area contributed by atoms with Gasteiger partial charge in [-0.1, -0.05) is 30.9 Å². The van der Waals surface area contributed by atoms with Crippen LogP contribution in [0.3, 0.4) is 0 Å². The molecule has 0 atom stereocenters. The zero-order valence-corrected chi connectivity index (χ0v) is 11.5. The summed E-state index contributed by atoms with van der Waals surface area (Å²) in [5, 5.41) is 0. The van der Waals surface area contributed by atoms with Gasteiger partial charge in [-0.15, -0.1) is 0 Å². The number of carbonyl (C=O) groups excluding carboxylic acids is 1. The Kier molecular flexibility index (Phi) is 6.44. The molecule has 1 aromatic carbocycles. The van der Waals surface area contributed by atoms with E-state index in [9.17, 15) is 4.79 Å². The molecule has 0 N–H and O–H groups in total. The summed E-state index contributed by atoms with van der Waals surface area (Å²) in [7, 11) is 1.64. The fraction of sp³-hybridized carbons (Fsp3) is 0.312. The number of esters is 1. The smallest absolute Gasteiger partial charge is 0.333 e. The molecule has 0 aliphatic rings. The molecule has 0 bridgehead atoms. The Morgan fingerprint density at radius 2 is 2.00 bits per heavy atom. The Hall–Kier alpha value is -2.03. The van der Waals surface area contributed by atoms with E-state index >= 15 is 0 Å². The molecule has 3 nitrogen and oxygen atoms in total. The molecule has 19 heavy (non-hydrogen) atoms. The molecular formula is C16H20O3. The van der Waals surface area contributed by atoms with E-state index in [1.807, 2.05) is 36.4 Å². The van der Waals surface area contributed by atoms with Crippen molar-refractivity contribution in [2.45, 2.75) is 19.8 Å². The van der Waals surface area contributed by atoms with Crippen molar-refractivity contribution in [3.05, 3.63) is 48.1 Å². The fourth-order valence-corrected chi connectivity index (χ4v) is 1.53. The van der Waals surface area contributed by atoms with Gasteiger partial charge in [0.25, 0.3) is 0 Å². The van der Waals surface area contributed by atoms with Crippen LogP contribution in [-0.4, -0.2) is 19.7 Å². The fourth-order valence-electron chi connectivity index (χ4n) is 1.53. The Morgan fingerprint density at radius 1 is 1.32 bits per heavy atom. The lowest BCUT2D eigenvalue weighted by atomic mass is 10.1. The molecule has 0 heterocycles. The lowest BCUT2D eigenvalue weighted by Gasteiger charge is -2.03. The third-order valence-electron chi connectivity index (χ3n) is 2.60. The van der Waals surface area contributed by atoms with Crippen LogP contribution < -0.4 is 4.74 Å². The van der Waals surface area contributed by atoms with Gasteiger partial charge in [0.05, 0.1) is 13.7 Å². The van der Waals surface area contributed by atoms with Gasteiger partial charge in [-0.2, -0.15) is 0 Å². The predicted octanol–water partition coefficient (Wildman–Crippen LogP) is 3.61. The number of carbonyl (C=O) groups is 1. The van der Waals surface area contributed by atoms with Crippen molar-refractivity contribution in [3.8, 4) is 5.75 Å². The summed E-state index contributed by atoms with van der Waals surface area (Å²) in [4.78, 5) is 11.3. The van der Waals surface area contributed by atoms with Crippen LogP contribution >= 0.6 is 0 Å². The van der Waals surface area contributed by atoms with E-state index in [1.54, 1.807) is 14.0 Å². The molecule has 3 heteroatoms. The van der Waals surface area contributed by atoms with E-state index in [-0.39, 0.29) is 5.97 Å². The number of methoxy groups -OCH3 is 1. The molecule has 0 fully saturated rings. The van der Waals surface area contributed by atoms with Crippen LogP contribution in [0.2, 0.25) is 0 Å². The summed E-state index contributed by atoms with van der Waals surface area (Å²) in [6, 6.07) is 7.79. The average Bonchev–Trinajstić information content (AvgIpc) is 2.44. The first-order chi connectivity index (χ1) is 9.17. The summed E-state index contributed by atoms with van der Waals surface area (Å²) in [5.74, 6) is 0.535. The van der Waals surface area contributed by atoms with Crippen molar-refractivity contribution in [1.82, 2.24) is 0 Å². The minimum atomic E-state index is -0.305. The van der Waals surface area contributed by atoms with E-state index in [2.05, 4.69) is 6.58 Å². The minimum Gasteiger partial charge on any atom is -0.497 e. The molecule has 0 aliphatic heterocycles. The Labute approximate surface area is 114 Å². The van der Waals surface area contributed by atoms with Crippen molar-refractivity contribution in [2.24, 2.45) is 0 Å². The normalized spacial score (nSPS) is 10.4. The van der Waals surface area contributed by atoms with Crippen LogP contribution in [0.1, 0.15) is 25.3 Å². The first-order valence-corrected chi connectivity index (χ1v) is 6.33. The molecule has 1 rings (SSSR count). The summed E-state index contributed by atoms with van der Waals surface area (Å²) < 4.78 is 9.96. The molecule has 0 unspecified atom stereocenters. The van der Waals surface area contributed by atoms with E-state index in [0.29, 0.717) is 18.6 Å². The highest BCUT2D eigenvalue weighted by Crippen LogP contribution is 2.13. The third kappa shape index (κ3) is 5.42. The topological polar surface area (TPSA) is 35.5 Å². The van der Waals surface area contributed by atoms with E-state index in [0.717, 1.165) is 17.7 Å². The Morgan fingerprint density at radius 3 is 2.58 bits per heavy atom. The first kappa shape index (κ1) is 15.0. The molecule has 0 aromatic heterocycles. The zero-order chi connectivity index (χ0) is 14.1. The van der Waals surface area contributed by atoms with Crippen molar-refractivity contribution < 1.29 is 14.3 Å². The summed E-state index contributed by atoms with van der Waals surface area (Å²) >= 11 is 0. The molecule has 0 radical (unpaired) electrons. The summed E-state index contributed by atoms with van der Waals surface area (Å²) in [6.45, 7) is 5.89. The van der Waals surface area contributed by atoms with Crippen molar-refractivity contribution >= 4 is 12.0 Å². The van der Waals surface area contributed by atoms with Crippen LogP contribution in [0.25, 0.3) is 6.08 Å². The maximum Gasteiger partial charge on any atom is 0.333 e. The second-order valence-electron chi connectivity index (χ2n) is 4.04. The van der Waals surface area contributed by atoms with Gasteiger partial charge in [-0.25, -0.2) is 4.79 Å². The molecule has 0 saturated heterocycles. The van der Waals surface area contributed by atoms with Crippen molar-refractivity contribution in [3.63, 3.8) is 0 Å². The lowest BCUT2D eigenvalue weighted by molar-refractivity contribution is -0.138. The highest BCUT2D eigenvalue weighted by atomic mass is 16.5. The van der Waals surface area contributed by atoms with Gasteiger partial charge in [0.2, 0.25) is 0 Å². The maximum atomic E-state index is 11.3. The van der Waals surface area contributed by atoms with Crippen molar-refractivity contribution in [1.29, 1.82) is 0 Å². The number of rotatable bonds is 7. The van der Waals surface area contributed by atoms with Gasteiger partial charge in [-0.05, 0) is 37.5 Å². The molecule has 1 aromatic rings. The first-order valence-electron chi connectivity index (χ1n) is 6.33. The molecule has 102 valence electrons. The van der Waals surface area contributed by atoms with E-state index < -0.39 is 0 Å². The van der Waals surface area contributed by atoms with Crippen LogP contribution in [0.4, 0.5) is 0 Å². The van der Waals surface area contributed by atoms with Crippen LogP contribution in [-0.2, 0) is 9.53 Å². The minimum absolute atomic E-state index is 0.305. The standard InChI is InChI=1S/C16H20O3/c1-4-19-16(17)13(2)7-5-6-8-14-9-11-15(18-3)12-10-14/h6,8-12H,2,4-5,7H2,1,3H3/b8-6+. The number of hydrogen-bond donors (Lipinski definition) is 0. The van der Waals surface area contributed by atoms with Gasteiger partial charge in [-0.3, -0.25) is 0 Å². The van der Waals surface area contributed by atoms with Gasteiger partial charge in [0, 0.05) is 5.57 Å². The molecule has 0 aliphatic carbocycles. The lowest BCUT2D eigenvalue weighted by Crippen LogP contribution is -2.06. The quantitative estimate of drug-likeness (QED) is 0.555. The number of hydrogen-bond acceptors (Lipinski definition) is 3. The summed E-state index contributed by atoms with van der Waals surface area (Å²) in [6.07, 6.45) is 5.42. The Balaban J connectivity index is 2.37. The predicted molar refractivity (Wildman–Crippen MR) is 77.0 cm³/mol. The Bertz CT molecular complexity index is 444.